The predicted molar refractivity (Wildman–Crippen MR) is 91.5 cm³/mol. The van der Waals surface area contributed by atoms with Crippen molar-refractivity contribution in [3.63, 3.8) is 0 Å². The molecular weight excluding hydrogens is 308 g/mol. The molecule has 6 heteroatoms. The van der Waals surface area contributed by atoms with Crippen LogP contribution < -0.4 is 10.1 Å². The number of para-hydroxylation sites is 1. The van der Waals surface area contributed by atoms with Crippen LogP contribution >= 0.6 is 0 Å². The summed E-state index contributed by atoms with van der Waals surface area (Å²) in [7, 11) is 0. The van der Waals surface area contributed by atoms with Crippen molar-refractivity contribution in [1.29, 1.82) is 0 Å². The minimum atomic E-state index is -0.943. The lowest BCUT2D eigenvalue weighted by Gasteiger charge is -2.37. The topological polar surface area (TPSA) is 78.9 Å². The first-order chi connectivity index (χ1) is 11.3. The van der Waals surface area contributed by atoms with Crippen LogP contribution in [0.15, 0.2) is 24.3 Å². The van der Waals surface area contributed by atoms with Crippen LogP contribution in [0.5, 0.6) is 5.75 Å². The number of benzene rings is 1. The molecule has 2 amide bonds. The fraction of sp³-hybridized carbons (Fsp3) is 0.556. The third kappa shape index (κ3) is 3.80. The zero-order valence-electron chi connectivity index (χ0n) is 14.7. The van der Waals surface area contributed by atoms with Gasteiger partial charge in [-0.25, -0.2) is 4.79 Å². The van der Waals surface area contributed by atoms with Gasteiger partial charge in [-0.15, -0.1) is 0 Å². The maximum absolute atomic E-state index is 12.7. The lowest BCUT2D eigenvalue weighted by Crippen LogP contribution is -2.52. The highest BCUT2D eigenvalue weighted by Gasteiger charge is 2.44. The Morgan fingerprint density at radius 2 is 2.00 bits per heavy atom. The molecule has 1 aliphatic rings. The highest BCUT2D eigenvalue weighted by Crippen LogP contribution is 2.33. The third-order valence-corrected chi connectivity index (χ3v) is 4.28. The normalized spacial score (nSPS) is 20.8. The van der Waals surface area contributed by atoms with E-state index in [4.69, 9.17) is 4.74 Å². The number of carboxylic acid groups (broad SMARTS) is 1. The molecule has 24 heavy (non-hydrogen) atoms. The highest BCUT2D eigenvalue weighted by molar-refractivity contribution is 5.97. The van der Waals surface area contributed by atoms with Crippen LogP contribution in [-0.2, 0) is 0 Å². The first kappa shape index (κ1) is 18.1. The molecule has 0 radical (unpaired) electrons. The number of amides is 2. The van der Waals surface area contributed by atoms with Crippen molar-refractivity contribution >= 4 is 12.0 Å². The number of carbonyl (C=O) groups is 2. The summed E-state index contributed by atoms with van der Waals surface area (Å²) in [5.41, 5.74) is 0.201. The Hall–Kier alpha value is -2.24. The van der Waals surface area contributed by atoms with Gasteiger partial charge in [0, 0.05) is 6.54 Å². The standard InChI is InChI=1S/C18H26N2O4/c1-5-24-14-9-7-6-8-12(14)16(21)19-13-10-11-20(17(22)23)15(13)18(2,3)4/h6-9,13,15H,5,10-11H2,1-4H3,(H,19,21)(H,22,23)/t13?,15-/m0/s1. The number of nitrogens with one attached hydrogen (secondary N) is 1. The molecule has 1 fully saturated rings. The summed E-state index contributed by atoms with van der Waals surface area (Å²) in [5.74, 6) is 0.309. The number of hydrogen-bond donors (Lipinski definition) is 2. The van der Waals surface area contributed by atoms with Gasteiger partial charge in [0.15, 0.2) is 0 Å². The maximum Gasteiger partial charge on any atom is 0.407 e. The highest BCUT2D eigenvalue weighted by atomic mass is 16.5. The van der Waals surface area contributed by atoms with E-state index in [1.807, 2.05) is 33.8 Å². The molecule has 1 unspecified atom stereocenters. The van der Waals surface area contributed by atoms with Gasteiger partial charge in [0.2, 0.25) is 0 Å². The first-order valence-corrected chi connectivity index (χ1v) is 8.28. The van der Waals surface area contributed by atoms with Gasteiger partial charge >= 0.3 is 6.09 Å². The van der Waals surface area contributed by atoms with Gasteiger partial charge in [0.25, 0.3) is 5.91 Å². The summed E-state index contributed by atoms with van der Waals surface area (Å²) in [6, 6.07) is 6.61. The largest absolute Gasteiger partial charge is 0.493 e. The average molecular weight is 334 g/mol. The van der Waals surface area contributed by atoms with Crippen molar-refractivity contribution in [2.45, 2.75) is 46.2 Å². The third-order valence-electron chi connectivity index (χ3n) is 4.28. The lowest BCUT2D eigenvalue weighted by molar-refractivity contribution is 0.0824. The molecule has 132 valence electrons. The van der Waals surface area contributed by atoms with E-state index in [1.165, 1.54) is 4.90 Å². The van der Waals surface area contributed by atoms with E-state index in [-0.39, 0.29) is 23.4 Å². The van der Waals surface area contributed by atoms with Gasteiger partial charge in [-0.1, -0.05) is 32.9 Å². The number of carbonyl (C=O) groups excluding carboxylic acids is 1. The van der Waals surface area contributed by atoms with E-state index in [9.17, 15) is 14.7 Å². The van der Waals surface area contributed by atoms with E-state index >= 15 is 0 Å². The van der Waals surface area contributed by atoms with Crippen molar-refractivity contribution in [1.82, 2.24) is 10.2 Å². The molecule has 0 saturated carbocycles. The molecule has 6 nitrogen and oxygen atoms in total. The molecule has 0 spiro atoms. The maximum atomic E-state index is 12.7. The van der Waals surface area contributed by atoms with Crippen molar-refractivity contribution in [3.05, 3.63) is 29.8 Å². The zero-order chi connectivity index (χ0) is 17.9. The van der Waals surface area contributed by atoms with E-state index in [1.54, 1.807) is 18.2 Å². The number of rotatable bonds is 4. The molecule has 1 aliphatic heterocycles. The molecule has 2 N–H and O–H groups in total. The lowest BCUT2D eigenvalue weighted by atomic mass is 9.82. The predicted octanol–water partition coefficient (Wildman–Crippen LogP) is 2.98. The Morgan fingerprint density at radius 3 is 2.58 bits per heavy atom. The van der Waals surface area contributed by atoms with Crippen molar-refractivity contribution < 1.29 is 19.4 Å². The number of hydrogen-bond acceptors (Lipinski definition) is 3. The summed E-state index contributed by atoms with van der Waals surface area (Å²) in [6.45, 7) is 8.75. The van der Waals surface area contributed by atoms with Crippen LogP contribution in [0.3, 0.4) is 0 Å². The molecule has 0 bridgehead atoms. The minimum Gasteiger partial charge on any atom is -0.493 e. The summed E-state index contributed by atoms with van der Waals surface area (Å²) in [4.78, 5) is 25.6. The molecule has 0 aliphatic carbocycles. The molecule has 1 heterocycles. The smallest absolute Gasteiger partial charge is 0.407 e. The second kappa shape index (κ2) is 7.11. The van der Waals surface area contributed by atoms with Crippen molar-refractivity contribution in [2.24, 2.45) is 5.41 Å². The number of ether oxygens (including phenoxy) is 1. The molecular formula is C18H26N2O4. The quantitative estimate of drug-likeness (QED) is 0.887. The van der Waals surface area contributed by atoms with Crippen LogP contribution in [0.2, 0.25) is 0 Å². The van der Waals surface area contributed by atoms with Gasteiger partial charge in [-0.05, 0) is 30.9 Å². The summed E-state index contributed by atoms with van der Waals surface area (Å²) in [6.07, 6.45) is -0.335. The molecule has 1 aromatic carbocycles. The molecule has 2 rings (SSSR count). The Morgan fingerprint density at radius 1 is 1.33 bits per heavy atom. The van der Waals surface area contributed by atoms with E-state index < -0.39 is 6.09 Å². The van der Waals surface area contributed by atoms with Crippen LogP contribution in [-0.4, -0.2) is 47.2 Å². The second-order valence-electron chi connectivity index (χ2n) is 7.08. The monoisotopic (exact) mass is 334 g/mol. The van der Waals surface area contributed by atoms with Crippen LogP contribution in [0.4, 0.5) is 4.79 Å². The fourth-order valence-corrected chi connectivity index (χ4v) is 3.41. The number of likely N-dealkylation sites (tertiary alicyclic amines) is 1. The Bertz CT molecular complexity index is 609. The summed E-state index contributed by atoms with van der Waals surface area (Å²) >= 11 is 0. The van der Waals surface area contributed by atoms with Crippen LogP contribution in [0.25, 0.3) is 0 Å². The van der Waals surface area contributed by atoms with Crippen LogP contribution in [0, 0.1) is 5.41 Å². The zero-order valence-corrected chi connectivity index (χ0v) is 14.7. The summed E-state index contributed by atoms with van der Waals surface area (Å²) < 4.78 is 5.51. The van der Waals surface area contributed by atoms with Gasteiger partial charge < -0.3 is 20.1 Å². The molecule has 1 saturated heterocycles. The van der Waals surface area contributed by atoms with Crippen molar-refractivity contribution in [3.8, 4) is 5.75 Å². The minimum absolute atomic E-state index is 0.219. The van der Waals surface area contributed by atoms with Crippen molar-refractivity contribution in [2.75, 3.05) is 13.2 Å². The SMILES string of the molecule is CCOc1ccccc1C(=O)NC1CCN(C(=O)O)[C@@H]1C(C)(C)C. The molecule has 2 atom stereocenters. The van der Waals surface area contributed by atoms with Gasteiger partial charge in [0.05, 0.1) is 24.3 Å². The van der Waals surface area contributed by atoms with E-state index in [0.717, 1.165) is 0 Å². The van der Waals surface area contributed by atoms with Crippen LogP contribution in [0.1, 0.15) is 44.5 Å². The van der Waals surface area contributed by atoms with E-state index in [0.29, 0.717) is 30.9 Å². The number of nitrogens with zero attached hydrogens (tertiary/aromatic N) is 1. The van der Waals surface area contributed by atoms with E-state index in [2.05, 4.69) is 5.32 Å². The first-order valence-electron chi connectivity index (χ1n) is 8.28. The summed E-state index contributed by atoms with van der Waals surface area (Å²) in [5, 5.41) is 12.4. The fourth-order valence-electron chi connectivity index (χ4n) is 3.41. The molecule has 1 aromatic rings. The van der Waals surface area contributed by atoms with Gasteiger partial charge in [-0.3, -0.25) is 4.79 Å². The average Bonchev–Trinajstić information content (AvgIpc) is 2.92. The second-order valence-corrected chi connectivity index (χ2v) is 7.08. The van der Waals surface area contributed by atoms with Gasteiger partial charge in [0.1, 0.15) is 5.75 Å². The Kier molecular flexibility index (Phi) is 5.36. The molecule has 0 aromatic heterocycles. The Labute approximate surface area is 142 Å². The Balaban J connectivity index is 2.20. The van der Waals surface area contributed by atoms with Gasteiger partial charge in [-0.2, -0.15) is 0 Å².